The third-order valence-corrected chi connectivity index (χ3v) is 15.5. The molecule has 0 aromatic heterocycles. The van der Waals surface area contributed by atoms with Crippen molar-refractivity contribution in [3.63, 3.8) is 0 Å². The van der Waals surface area contributed by atoms with Crippen molar-refractivity contribution < 1.29 is 29.0 Å². The summed E-state index contributed by atoms with van der Waals surface area (Å²) in [5.74, 6) is -0.350. The van der Waals surface area contributed by atoms with Crippen LogP contribution in [0.5, 0.6) is 0 Å². The number of ether oxygens (including phenoxy) is 1. The van der Waals surface area contributed by atoms with E-state index in [1.807, 2.05) is 0 Å². The monoisotopic (exact) mass is 682 g/mol. The van der Waals surface area contributed by atoms with Crippen molar-refractivity contribution in [1.29, 1.82) is 0 Å². The van der Waals surface area contributed by atoms with E-state index >= 15 is 0 Å². The topological polar surface area (TPSA) is 122 Å². The molecule has 0 heterocycles. The van der Waals surface area contributed by atoms with E-state index < -0.39 is 17.4 Å². The summed E-state index contributed by atoms with van der Waals surface area (Å²) in [6, 6.07) is -0.908. The van der Waals surface area contributed by atoms with Crippen molar-refractivity contribution >= 4 is 23.8 Å². The zero-order valence-electron chi connectivity index (χ0n) is 32.2. The van der Waals surface area contributed by atoms with Crippen molar-refractivity contribution in [3.8, 4) is 0 Å². The van der Waals surface area contributed by atoms with Crippen LogP contribution in [0.4, 0.5) is 0 Å². The van der Waals surface area contributed by atoms with Gasteiger partial charge in [0.1, 0.15) is 12.1 Å². The second-order valence-electron chi connectivity index (χ2n) is 19.3. The van der Waals surface area contributed by atoms with Crippen LogP contribution in [0.3, 0.4) is 0 Å². The lowest BCUT2D eigenvalue weighted by Gasteiger charge is -2.71. The largest absolute Gasteiger partial charge is 0.480 e. The highest BCUT2D eigenvalue weighted by Gasteiger charge is 2.69. The average molecular weight is 683 g/mol. The van der Waals surface area contributed by atoms with Gasteiger partial charge in [0.25, 0.3) is 0 Å². The number of nitrogens with one attached hydrogen (secondary N) is 2. The molecule has 5 rings (SSSR count). The molecule has 276 valence electrons. The minimum absolute atomic E-state index is 0.0117. The first-order chi connectivity index (χ1) is 22.6. The lowest BCUT2D eigenvalue weighted by atomic mass is 9.33. The molecule has 4 saturated carbocycles. The number of hydrogen-bond acceptors (Lipinski definition) is 5. The first-order valence-corrected chi connectivity index (χ1v) is 19.3. The molecule has 8 heteroatoms. The van der Waals surface area contributed by atoms with E-state index in [2.05, 4.69) is 65.2 Å². The summed E-state index contributed by atoms with van der Waals surface area (Å²) in [5, 5.41) is 15.3. The number of rotatable bonds is 9. The Morgan fingerprint density at radius 1 is 0.918 bits per heavy atom. The molecular weight excluding hydrogens is 616 g/mol. The van der Waals surface area contributed by atoms with Crippen LogP contribution < -0.4 is 10.6 Å². The second kappa shape index (κ2) is 13.0. The number of amides is 2. The SMILES string of the molecule is CC(=O)O[C@H]1CC[C@]2(C)[C@H]3CC=C4[C@@H]5CC(C)(C)CC[C@]5(C(=O)NCCCC(=O)N[C@H](C(=O)O)C(C)C)CC[C@@]4(C)[C@]3(C)CC[C@H]2C1(C)C. The number of hydrogen-bond donors (Lipinski definition) is 3. The van der Waals surface area contributed by atoms with Crippen LogP contribution in [0.1, 0.15) is 146 Å². The Labute approximate surface area is 295 Å². The fourth-order valence-corrected chi connectivity index (χ4v) is 12.4. The lowest BCUT2D eigenvalue weighted by molar-refractivity contribution is -0.212. The molecule has 0 saturated heterocycles. The van der Waals surface area contributed by atoms with Gasteiger partial charge in [-0.2, -0.15) is 0 Å². The van der Waals surface area contributed by atoms with Gasteiger partial charge in [-0.15, -0.1) is 0 Å². The van der Waals surface area contributed by atoms with Gasteiger partial charge in [-0.25, -0.2) is 4.79 Å². The van der Waals surface area contributed by atoms with E-state index in [-0.39, 0.29) is 69.2 Å². The second-order valence-corrected chi connectivity index (χ2v) is 19.3. The Balaban J connectivity index is 1.36. The molecule has 49 heavy (non-hydrogen) atoms. The number of carboxylic acids is 1. The molecular formula is C41H66N2O6. The standard InChI is InChI=1S/C41H66N2O6/c1-25(2)33(34(46)47)43-32(45)12-11-23-42-35(48)41-21-19-36(4,5)24-28(41)27-13-14-30-38(8)17-16-31(49-26(3)44)37(6,7)29(38)15-18-40(30,10)39(27,9)20-22-41/h13,25,28-31,33H,11-12,14-24H2,1-10H3,(H,42,48)(H,43,45)(H,46,47)/t28-,29-,30+,31-,33-,38-,39+,40+,41-/m0/s1. The minimum Gasteiger partial charge on any atom is -0.480 e. The number of aliphatic carboxylic acids is 1. The van der Waals surface area contributed by atoms with Crippen molar-refractivity contribution in [3.05, 3.63) is 11.6 Å². The quantitative estimate of drug-likeness (QED) is 0.129. The zero-order valence-corrected chi connectivity index (χ0v) is 32.2. The Morgan fingerprint density at radius 2 is 1.59 bits per heavy atom. The van der Waals surface area contributed by atoms with Crippen LogP contribution in [0.2, 0.25) is 0 Å². The predicted molar refractivity (Wildman–Crippen MR) is 191 cm³/mol. The van der Waals surface area contributed by atoms with E-state index in [0.29, 0.717) is 24.8 Å². The van der Waals surface area contributed by atoms with Gasteiger partial charge in [0.2, 0.25) is 11.8 Å². The highest BCUT2D eigenvalue weighted by Crippen LogP contribution is 2.75. The molecule has 2 amide bonds. The van der Waals surface area contributed by atoms with Gasteiger partial charge in [0.15, 0.2) is 0 Å². The van der Waals surface area contributed by atoms with Crippen molar-refractivity contribution in [2.24, 2.45) is 56.2 Å². The van der Waals surface area contributed by atoms with Crippen LogP contribution >= 0.6 is 0 Å². The number of carbonyl (C=O) groups is 4. The average Bonchev–Trinajstić information content (AvgIpc) is 2.99. The number of carbonyl (C=O) groups excluding carboxylic acids is 3. The van der Waals surface area contributed by atoms with E-state index in [1.165, 1.54) is 12.5 Å². The van der Waals surface area contributed by atoms with Gasteiger partial charge in [-0.05, 0) is 116 Å². The van der Waals surface area contributed by atoms with Crippen LogP contribution in [0.25, 0.3) is 0 Å². The maximum absolute atomic E-state index is 14.4. The van der Waals surface area contributed by atoms with E-state index in [9.17, 15) is 24.3 Å². The van der Waals surface area contributed by atoms with E-state index in [1.54, 1.807) is 13.8 Å². The molecule has 0 spiro atoms. The predicted octanol–water partition coefficient (Wildman–Crippen LogP) is 7.84. The Hall–Kier alpha value is -2.38. The molecule has 3 N–H and O–H groups in total. The summed E-state index contributed by atoms with van der Waals surface area (Å²) >= 11 is 0. The van der Waals surface area contributed by atoms with Gasteiger partial charge >= 0.3 is 11.9 Å². The molecule has 0 unspecified atom stereocenters. The smallest absolute Gasteiger partial charge is 0.326 e. The molecule has 0 aliphatic heterocycles. The van der Waals surface area contributed by atoms with Gasteiger partial charge in [-0.1, -0.05) is 74.0 Å². The van der Waals surface area contributed by atoms with Crippen LogP contribution in [0, 0.1) is 56.2 Å². The van der Waals surface area contributed by atoms with Crippen molar-refractivity contribution in [2.45, 2.75) is 158 Å². The fourth-order valence-electron chi connectivity index (χ4n) is 12.4. The highest BCUT2D eigenvalue weighted by atomic mass is 16.5. The molecule has 8 nitrogen and oxygen atoms in total. The third kappa shape index (κ3) is 6.27. The van der Waals surface area contributed by atoms with E-state index in [4.69, 9.17) is 4.74 Å². The van der Waals surface area contributed by atoms with Crippen LogP contribution in [0.15, 0.2) is 11.6 Å². The third-order valence-electron chi connectivity index (χ3n) is 15.5. The van der Waals surface area contributed by atoms with E-state index in [0.717, 1.165) is 64.2 Å². The summed E-state index contributed by atoms with van der Waals surface area (Å²) in [5.41, 5.74) is 1.45. The molecule has 4 fully saturated rings. The Morgan fingerprint density at radius 3 is 2.22 bits per heavy atom. The zero-order chi connectivity index (χ0) is 36.4. The Kier molecular flexibility index (Phi) is 10.0. The van der Waals surface area contributed by atoms with Crippen LogP contribution in [-0.4, -0.2) is 47.6 Å². The summed E-state index contributed by atoms with van der Waals surface area (Å²) in [4.78, 5) is 50.5. The maximum atomic E-state index is 14.4. The fraction of sp³-hybridized carbons (Fsp3) is 0.854. The Bertz CT molecular complexity index is 1370. The van der Waals surface area contributed by atoms with Gasteiger partial charge in [-0.3, -0.25) is 14.4 Å². The molecule has 0 bridgehead atoms. The summed E-state index contributed by atoms with van der Waals surface area (Å²) < 4.78 is 5.93. The van der Waals surface area contributed by atoms with Crippen LogP contribution in [-0.2, 0) is 23.9 Å². The van der Waals surface area contributed by atoms with Crippen molar-refractivity contribution in [2.75, 3.05) is 6.54 Å². The summed E-state index contributed by atoms with van der Waals surface area (Å²) in [7, 11) is 0. The molecule has 9 atom stereocenters. The number of carboxylic acid groups (broad SMARTS) is 1. The minimum atomic E-state index is -1.03. The number of esters is 1. The first kappa shape index (κ1) is 37.9. The highest BCUT2D eigenvalue weighted by molar-refractivity contribution is 5.85. The molecule has 0 radical (unpaired) electrons. The normalized spacial score (nSPS) is 39.5. The number of allylic oxidation sites excluding steroid dienone is 2. The van der Waals surface area contributed by atoms with Crippen molar-refractivity contribution in [1.82, 2.24) is 10.6 Å². The van der Waals surface area contributed by atoms with Gasteiger partial charge < -0.3 is 20.5 Å². The van der Waals surface area contributed by atoms with Gasteiger partial charge in [0.05, 0.1) is 5.41 Å². The first-order valence-electron chi connectivity index (χ1n) is 19.3. The summed E-state index contributed by atoms with van der Waals surface area (Å²) in [6.07, 6.45) is 13.3. The molecule has 5 aliphatic carbocycles. The molecule has 0 aromatic carbocycles. The lowest BCUT2D eigenvalue weighted by Crippen LogP contribution is -2.65. The van der Waals surface area contributed by atoms with Gasteiger partial charge in [0, 0.05) is 25.3 Å². The maximum Gasteiger partial charge on any atom is 0.326 e. The molecule has 0 aromatic rings. The molecule has 5 aliphatic rings. The number of fused-ring (bicyclic) bond motifs is 7. The summed E-state index contributed by atoms with van der Waals surface area (Å²) in [6.45, 7) is 22.6.